The van der Waals surface area contributed by atoms with Crippen LogP contribution in [0.2, 0.25) is 0 Å². The second-order valence-electron chi connectivity index (χ2n) is 4.67. The number of nitrogens with zero attached hydrogens (tertiary/aromatic N) is 2. The molecular weight excluding hydrogens is 303 g/mol. The van der Waals surface area contributed by atoms with Gasteiger partial charge in [-0.25, -0.2) is 0 Å². The molecule has 2 rings (SSSR count). The number of amidine groups is 1. The Morgan fingerprint density at radius 3 is 2.71 bits per heavy atom. The number of hydrogen-bond acceptors (Lipinski definition) is 4. The lowest BCUT2D eigenvalue weighted by atomic mass is 10.1. The van der Waals surface area contributed by atoms with E-state index >= 15 is 0 Å². The number of benzene rings is 1. The summed E-state index contributed by atoms with van der Waals surface area (Å²) in [6.45, 7) is 1.46. The lowest BCUT2D eigenvalue weighted by molar-refractivity contribution is -0.137. The number of anilines is 1. The van der Waals surface area contributed by atoms with E-state index in [1.165, 1.54) is 6.07 Å². The Morgan fingerprint density at radius 1 is 1.29 bits per heavy atom. The average molecular weight is 319 g/mol. The minimum absolute atomic E-state index is 0.110. The molecule has 116 valence electrons. The Labute approximate surface area is 124 Å². The Morgan fingerprint density at radius 2 is 2.05 bits per heavy atom. The van der Waals surface area contributed by atoms with Crippen molar-refractivity contribution in [3.05, 3.63) is 29.3 Å². The van der Waals surface area contributed by atoms with Crippen molar-refractivity contribution in [1.29, 1.82) is 0 Å². The number of alkyl halides is 3. The van der Waals surface area contributed by atoms with Crippen molar-refractivity contribution < 1.29 is 18.4 Å². The molecule has 3 N–H and O–H groups in total. The normalized spacial score (nSPS) is 17.7. The molecule has 0 aromatic heterocycles. The third-order valence-electron chi connectivity index (χ3n) is 3.27. The first-order valence-electron chi connectivity index (χ1n) is 6.45. The molecule has 1 aliphatic heterocycles. The molecule has 0 atom stereocenters. The maximum absolute atomic E-state index is 12.8. The van der Waals surface area contributed by atoms with Crippen molar-refractivity contribution in [2.45, 2.75) is 12.6 Å². The molecule has 1 fully saturated rings. The van der Waals surface area contributed by atoms with Gasteiger partial charge in [0.25, 0.3) is 0 Å². The van der Waals surface area contributed by atoms with Gasteiger partial charge in [-0.2, -0.15) is 24.9 Å². The summed E-state index contributed by atoms with van der Waals surface area (Å²) in [5.41, 5.74) is 5.43. The minimum atomic E-state index is -4.46. The van der Waals surface area contributed by atoms with Crippen molar-refractivity contribution in [2.24, 2.45) is 10.9 Å². The smallest absolute Gasteiger partial charge is 0.409 e. The van der Waals surface area contributed by atoms with E-state index in [4.69, 9.17) is 10.9 Å². The first-order chi connectivity index (χ1) is 9.93. The summed E-state index contributed by atoms with van der Waals surface area (Å²) < 4.78 is 38.4. The molecular formula is C13H16F3N3OS. The van der Waals surface area contributed by atoms with Gasteiger partial charge >= 0.3 is 6.18 Å². The molecule has 0 unspecified atom stereocenters. The molecule has 1 aromatic carbocycles. The van der Waals surface area contributed by atoms with Crippen LogP contribution in [-0.4, -0.2) is 35.6 Å². The summed E-state index contributed by atoms with van der Waals surface area (Å²) in [4.78, 5) is 1.98. The number of halogens is 3. The molecule has 0 bridgehead atoms. The van der Waals surface area contributed by atoms with E-state index in [-0.39, 0.29) is 11.4 Å². The van der Waals surface area contributed by atoms with E-state index in [1.54, 1.807) is 0 Å². The second kappa shape index (κ2) is 6.46. The maximum Gasteiger partial charge on any atom is 0.416 e. The zero-order valence-corrected chi connectivity index (χ0v) is 12.0. The topological polar surface area (TPSA) is 61.9 Å². The molecule has 0 radical (unpaired) electrons. The van der Waals surface area contributed by atoms with Crippen molar-refractivity contribution in [3.8, 4) is 0 Å². The molecule has 21 heavy (non-hydrogen) atoms. The van der Waals surface area contributed by atoms with Crippen molar-refractivity contribution in [1.82, 2.24) is 0 Å². The summed E-state index contributed by atoms with van der Waals surface area (Å²) in [5, 5.41) is 11.7. The molecule has 4 nitrogen and oxygen atoms in total. The lowest BCUT2D eigenvalue weighted by Crippen LogP contribution is -2.29. The van der Waals surface area contributed by atoms with Crippen molar-refractivity contribution in [2.75, 3.05) is 29.5 Å². The van der Waals surface area contributed by atoms with Crippen LogP contribution < -0.4 is 10.6 Å². The first kappa shape index (κ1) is 15.8. The van der Waals surface area contributed by atoms with Crippen LogP contribution in [0, 0.1) is 0 Å². The molecule has 0 aliphatic carbocycles. The van der Waals surface area contributed by atoms with E-state index in [0.29, 0.717) is 5.69 Å². The highest BCUT2D eigenvalue weighted by Gasteiger charge is 2.32. The Hall–Kier alpha value is -1.57. The number of oxime groups is 1. The van der Waals surface area contributed by atoms with Crippen LogP contribution in [0.1, 0.15) is 17.5 Å². The van der Waals surface area contributed by atoms with Gasteiger partial charge in [0.05, 0.1) is 5.56 Å². The standard InChI is InChI=1S/C13H16F3N3OS/c14-13(15,16)9-2-3-11(10(8-9)12(17)18-20)19-4-1-6-21-7-5-19/h2-3,8,20H,1,4-7H2,(H2,17,18). The van der Waals surface area contributed by atoms with Gasteiger partial charge in [0.15, 0.2) is 5.84 Å². The largest absolute Gasteiger partial charge is 0.416 e. The highest BCUT2D eigenvalue weighted by molar-refractivity contribution is 7.99. The van der Waals surface area contributed by atoms with E-state index in [2.05, 4.69) is 5.16 Å². The van der Waals surface area contributed by atoms with Crippen LogP contribution in [0.15, 0.2) is 23.4 Å². The van der Waals surface area contributed by atoms with Gasteiger partial charge in [0.1, 0.15) is 0 Å². The predicted octanol–water partition coefficient (Wildman–Crippen LogP) is 2.74. The van der Waals surface area contributed by atoms with Crippen LogP contribution >= 0.6 is 11.8 Å². The van der Waals surface area contributed by atoms with E-state index in [9.17, 15) is 13.2 Å². The van der Waals surface area contributed by atoms with Gasteiger partial charge in [0.2, 0.25) is 0 Å². The fourth-order valence-electron chi connectivity index (χ4n) is 2.23. The van der Waals surface area contributed by atoms with Crippen LogP contribution in [-0.2, 0) is 6.18 Å². The van der Waals surface area contributed by atoms with Gasteiger partial charge in [-0.1, -0.05) is 5.16 Å². The highest BCUT2D eigenvalue weighted by Crippen LogP contribution is 2.33. The Balaban J connectivity index is 2.44. The second-order valence-corrected chi connectivity index (χ2v) is 5.89. The molecule has 1 aliphatic rings. The molecule has 0 spiro atoms. The summed E-state index contributed by atoms with van der Waals surface area (Å²) >= 11 is 1.81. The van der Waals surface area contributed by atoms with Gasteiger partial charge in [-0.3, -0.25) is 0 Å². The monoisotopic (exact) mass is 319 g/mol. The molecule has 1 saturated heterocycles. The van der Waals surface area contributed by atoms with E-state index < -0.39 is 11.7 Å². The van der Waals surface area contributed by atoms with E-state index in [0.717, 1.165) is 43.1 Å². The van der Waals surface area contributed by atoms with Gasteiger partial charge in [0, 0.05) is 30.1 Å². The van der Waals surface area contributed by atoms with Crippen LogP contribution in [0.3, 0.4) is 0 Å². The van der Waals surface area contributed by atoms with Crippen molar-refractivity contribution in [3.63, 3.8) is 0 Å². The first-order valence-corrected chi connectivity index (χ1v) is 7.61. The lowest BCUT2D eigenvalue weighted by Gasteiger charge is -2.25. The Bertz CT molecular complexity index is 526. The molecule has 0 saturated carbocycles. The summed E-state index contributed by atoms with van der Waals surface area (Å²) in [6.07, 6.45) is -3.51. The SMILES string of the molecule is NC(=NO)c1cc(C(F)(F)F)ccc1N1CCCSCC1. The number of hydrogen-bond donors (Lipinski definition) is 2. The quantitative estimate of drug-likeness (QED) is 0.381. The zero-order chi connectivity index (χ0) is 15.5. The third kappa shape index (κ3) is 3.75. The molecule has 8 heteroatoms. The summed E-state index contributed by atoms with van der Waals surface area (Å²) in [5.74, 6) is 1.61. The Kier molecular flexibility index (Phi) is 4.87. The average Bonchev–Trinajstić information content (AvgIpc) is 2.73. The van der Waals surface area contributed by atoms with Crippen LogP contribution in [0.5, 0.6) is 0 Å². The molecule has 1 heterocycles. The highest BCUT2D eigenvalue weighted by atomic mass is 32.2. The van der Waals surface area contributed by atoms with Gasteiger partial charge in [-0.15, -0.1) is 0 Å². The van der Waals surface area contributed by atoms with Crippen molar-refractivity contribution >= 4 is 23.3 Å². The molecule has 0 amide bonds. The van der Waals surface area contributed by atoms with Crippen LogP contribution in [0.4, 0.5) is 18.9 Å². The number of thioether (sulfide) groups is 1. The summed E-state index contributed by atoms with van der Waals surface area (Å²) in [6, 6.07) is 3.36. The molecule has 1 aromatic rings. The predicted molar refractivity (Wildman–Crippen MR) is 78.1 cm³/mol. The number of rotatable bonds is 2. The fourth-order valence-corrected chi connectivity index (χ4v) is 3.12. The zero-order valence-electron chi connectivity index (χ0n) is 11.2. The van der Waals surface area contributed by atoms with Gasteiger partial charge in [-0.05, 0) is 30.4 Å². The minimum Gasteiger partial charge on any atom is -0.409 e. The van der Waals surface area contributed by atoms with E-state index in [1.807, 2.05) is 16.7 Å². The maximum atomic E-state index is 12.8. The van der Waals surface area contributed by atoms with Crippen LogP contribution in [0.25, 0.3) is 0 Å². The summed E-state index contributed by atoms with van der Waals surface area (Å²) in [7, 11) is 0. The number of nitrogens with two attached hydrogens (primary N) is 1. The van der Waals surface area contributed by atoms with Gasteiger partial charge < -0.3 is 15.8 Å². The third-order valence-corrected chi connectivity index (χ3v) is 4.32. The fraction of sp³-hybridized carbons (Fsp3) is 0.462.